The van der Waals surface area contributed by atoms with Gasteiger partial charge in [-0.1, -0.05) is 0 Å². The Kier molecular flexibility index (Phi) is 4.59. The van der Waals surface area contributed by atoms with Crippen LogP contribution in [-0.2, 0) is 21.0 Å². The Morgan fingerprint density at radius 1 is 1.39 bits per heavy atom. The van der Waals surface area contributed by atoms with Gasteiger partial charge in [0.2, 0.25) is 0 Å². The van der Waals surface area contributed by atoms with E-state index in [-0.39, 0.29) is 22.3 Å². The molecule has 3 rings (SSSR count). The first-order valence-electron chi connectivity index (χ1n) is 7.15. The predicted molar refractivity (Wildman–Crippen MR) is 91.1 cm³/mol. The molecule has 2 atom stereocenters. The maximum atomic E-state index is 12.3. The minimum absolute atomic E-state index is 0.164. The van der Waals surface area contributed by atoms with Crippen LogP contribution in [0.1, 0.15) is 33.1 Å². The van der Waals surface area contributed by atoms with Gasteiger partial charge in [0.15, 0.2) is 9.84 Å². The van der Waals surface area contributed by atoms with E-state index >= 15 is 0 Å². The molecule has 3 heterocycles. The third-order valence-electron chi connectivity index (χ3n) is 3.70. The van der Waals surface area contributed by atoms with Crippen molar-refractivity contribution in [3.05, 3.63) is 38.9 Å². The lowest BCUT2D eigenvalue weighted by Gasteiger charge is -2.29. The molecule has 2 unspecified atom stereocenters. The monoisotopic (exact) mass is 371 g/mol. The number of thiophene rings is 2. The predicted octanol–water partition coefficient (Wildman–Crippen LogP) is 2.65. The Bertz CT molecular complexity index is 821. The fourth-order valence-corrected chi connectivity index (χ4v) is 5.32. The summed E-state index contributed by atoms with van der Waals surface area (Å²) in [5.41, 5.74) is 1.14. The highest BCUT2D eigenvalue weighted by Crippen LogP contribution is 2.33. The number of carbonyl (C=O) groups is 1. The van der Waals surface area contributed by atoms with Crippen molar-refractivity contribution in [3.63, 3.8) is 0 Å². The summed E-state index contributed by atoms with van der Waals surface area (Å²) in [6.07, 6.45) is 1.88. The van der Waals surface area contributed by atoms with E-state index in [1.165, 1.54) is 10.9 Å². The summed E-state index contributed by atoms with van der Waals surface area (Å²) >= 11 is 2.70. The molecule has 0 aliphatic carbocycles. The van der Waals surface area contributed by atoms with Gasteiger partial charge >= 0.3 is 0 Å². The molecule has 0 saturated heterocycles. The van der Waals surface area contributed by atoms with E-state index in [0.29, 0.717) is 11.5 Å². The first-order valence-corrected chi connectivity index (χ1v) is 10.7. The molecule has 0 bridgehead atoms. The van der Waals surface area contributed by atoms with E-state index in [9.17, 15) is 13.2 Å². The van der Waals surface area contributed by atoms with E-state index in [1.807, 2.05) is 18.4 Å². The van der Waals surface area contributed by atoms with Crippen LogP contribution < -0.4 is 5.32 Å². The zero-order chi connectivity index (χ0) is 16.6. The van der Waals surface area contributed by atoms with Crippen molar-refractivity contribution in [2.45, 2.75) is 29.7 Å². The van der Waals surface area contributed by atoms with Gasteiger partial charge in [-0.05, 0) is 36.1 Å². The van der Waals surface area contributed by atoms with Gasteiger partial charge in [0.1, 0.15) is 10.3 Å². The Labute approximate surface area is 143 Å². The quantitative estimate of drug-likeness (QED) is 0.897. The number of hydrogen-bond donors (Lipinski definition) is 1. The Morgan fingerprint density at radius 2 is 2.17 bits per heavy atom. The van der Waals surface area contributed by atoms with E-state index in [4.69, 9.17) is 4.74 Å². The van der Waals surface area contributed by atoms with Crippen LogP contribution in [0.2, 0.25) is 0 Å². The van der Waals surface area contributed by atoms with Crippen molar-refractivity contribution in [1.29, 1.82) is 0 Å². The van der Waals surface area contributed by atoms with Crippen molar-refractivity contribution >= 4 is 38.4 Å². The van der Waals surface area contributed by atoms with Gasteiger partial charge in [0.05, 0.1) is 17.5 Å². The Hall–Kier alpha value is -1.22. The SMILES string of the molecule is CC(NC(=O)c1ccc(S(C)(=O)=O)s1)C1OCCc2sccc21. The van der Waals surface area contributed by atoms with Crippen molar-refractivity contribution in [3.8, 4) is 0 Å². The molecular formula is C15H17NO4S3. The van der Waals surface area contributed by atoms with Crippen molar-refractivity contribution in [1.82, 2.24) is 5.32 Å². The second kappa shape index (κ2) is 6.35. The Morgan fingerprint density at radius 3 is 2.87 bits per heavy atom. The van der Waals surface area contributed by atoms with Gasteiger partial charge in [0.25, 0.3) is 5.91 Å². The summed E-state index contributed by atoms with van der Waals surface area (Å²) in [5, 5.41) is 4.96. The lowest BCUT2D eigenvalue weighted by molar-refractivity contribution is 0.0206. The van der Waals surface area contributed by atoms with Gasteiger partial charge < -0.3 is 10.1 Å². The molecular weight excluding hydrogens is 354 g/mol. The number of rotatable bonds is 4. The van der Waals surface area contributed by atoms with Crippen LogP contribution in [-0.4, -0.2) is 33.2 Å². The number of amides is 1. The number of hydrogen-bond acceptors (Lipinski definition) is 6. The highest BCUT2D eigenvalue weighted by atomic mass is 32.2. The van der Waals surface area contributed by atoms with Crippen LogP contribution in [0.3, 0.4) is 0 Å². The molecule has 0 fully saturated rings. The maximum Gasteiger partial charge on any atom is 0.261 e. The molecule has 0 spiro atoms. The fourth-order valence-electron chi connectivity index (χ4n) is 2.58. The molecule has 0 radical (unpaired) electrons. The topological polar surface area (TPSA) is 72.5 Å². The van der Waals surface area contributed by atoms with Gasteiger partial charge in [-0.2, -0.15) is 0 Å². The van der Waals surface area contributed by atoms with Crippen LogP contribution in [0.5, 0.6) is 0 Å². The lowest BCUT2D eigenvalue weighted by atomic mass is 10.0. The van der Waals surface area contributed by atoms with Gasteiger partial charge in [-0.3, -0.25) is 4.79 Å². The molecule has 2 aromatic rings. The van der Waals surface area contributed by atoms with E-state index < -0.39 is 9.84 Å². The third kappa shape index (κ3) is 3.50. The van der Waals surface area contributed by atoms with E-state index in [1.54, 1.807) is 17.4 Å². The summed E-state index contributed by atoms with van der Waals surface area (Å²) in [6.45, 7) is 2.55. The fraction of sp³-hybridized carbons (Fsp3) is 0.400. The average molecular weight is 372 g/mol. The average Bonchev–Trinajstić information content (AvgIpc) is 3.15. The second-order valence-corrected chi connectivity index (χ2v) is 9.82. The van der Waals surface area contributed by atoms with Crippen LogP contribution >= 0.6 is 22.7 Å². The zero-order valence-electron chi connectivity index (χ0n) is 12.7. The molecule has 1 amide bonds. The molecule has 0 saturated carbocycles. The van der Waals surface area contributed by atoms with Crippen LogP contribution in [0.15, 0.2) is 27.8 Å². The molecule has 124 valence electrons. The molecule has 5 nitrogen and oxygen atoms in total. The van der Waals surface area contributed by atoms with Crippen LogP contribution in [0, 0.1) is 0 Å². The van der Waals surface area contributed by atoms with Crippen molar-refractivity contribution in [2.75, 3.05) is 12.9 Å². The van der Waals surface area contributed by atoms with Gasteiger partial charge in [-0.15, -0.1) is 22.7 Å². The van der Waals surface area contributed by atoms with E-state index in [2.05, 4.69) is 5.32 Å². The smallest absolute Gasteiger partial charge is 0.261 e. The summed E-state index contributed by atoms with van der Waals surface area (Å²) in [5.74, 6) is -0.275. The highest BCUT2D eigenvalue weighted by molar-refractivity contribution is 7.92. The third-order valence-corrected chi connectivity index (χ3v) is 7.60. The number of sulfone groups is 1. The number of nitrogens with one attached hydrogen (secondary N) is 1. The largest absolute Gasteiger partial charge is 0.371 e. The normalized spacial score (nSPS) is 19.1. The van der Waals surface area contributed by atoms with Crippen LogP contribution in [0.4, 0.5) is 0 Å². The summed E-state index contributed by atoms with van der Waals surface area (Å²) in [6, 6.07) is 4.86. The van der Waals surface area contributed by atoms with Crippen molar-refractivity contribution < 1.29 is 17.9 Å². The standard InChI is InChI=1S/C15H17NO4S3/c1-9(14-10-6-8-21-11(10)5-7-20-14)16-15(17)12-3-4-13(22-12)23(2,18)19/h3-4,6,8-9,14H,5,7H2,1-2H3,(H,16,17). The minimum atomic E-state index is -3.28. The van der Waals surface area contributed by atoms with Crippen molar-refractivity contribution in [2.24, 2.45) is 0 Å². The number of ether oxygens (including phenoxy) is 1. The first-order chi connectivity index (χ1) is 10.9. The maximum absolute atomic E-state index is 12.3. The van der Waals surface area contributed by atoms with Gasteiger partial charge in [0, 0.05) is 17.6 Å². The molecule has 0 aromatic carbocycles. The molecule has 1 aliphatic heterocycles. The number of carbonyl (C=O) groups excluding carboxylic acids is 1. The molecule has 8 heteroatoms. The zero-order valence-corrected chi connectivity index (χ0v) is 15.2. The summed E-state index contributed by atoms with van der Waals surface area (Å²) in [7, 11) is -3.28. The highest BCUT2D eigenvalue weighted by Gasteiger charge is 2.28. The van der Waals surface area contributed by atoms with E-state index in [0.717, 1.165) is 29.6 Å². The minimum Gasteiger partial charge on any atom is -0.371 e. The second-order valence-electron chi connectivity index (χ2n) is 5.49. The van der Waals surface area contributed by atoms with Crippen LogP contribution in [0.25, 0.3) is 0 Å². The molecule has 2 aromatic heterocycles. The number of fused-ring (bicyclic) bond motifs is 1. The summed E-state index contributed by atoms with van der Waals surface area (Å²) < 4.78 is 29.0. The molecule has 23 heavy (non-hydrogen) atoms. The molecule has 1 N–H and O–H groups in total. The molecule has 1 aliphatic rings. The first kappa shape index (κ1) is 16.6. The Balaban J connectivity index is 1.72. The lowest BCUT2D eigenvalue weighted by Crippen LogP contribution is -2.39. The summed E-state index contributed by atoms with van der Waals surface area (Å²) in [4.78, 5) is 14.0. The van der Waals surface area contributed by atoms with Gasteiger partial charge in [-0.25, -0.2) is 8.42 Å².